The highest BCUT2D eigenvalue weighted by Crippen LogP contribution is 2.50. The van der Waals surface area contributed by atoms with Crippen molar-refractivity contribution in [3.05, 3.63) is 122 Å². The molecule has 0 unspecified atom stereocenters. The zero-order valence-electron chi connectivity index (χ0n) is 26.9. The molecule has 48 heavy (non-hydrogen) atoms. The highest BCUT2D eigenvalue weighted by Gasteiger charge is 2.40. The summed E-state index contributed by atoms with van der Waals surface area (Å²) in [5.74, 6) is -0.101. The molecule has 4 aromatic carbocycles. The molecule has 0 aliphatic carbocycles. The number of imide groups is 2. The SMILES string of the molecule is CCOc1cc(/C=C2\C(=O)NC(=O)N(c3cc4c5c(c3)[C@@H](c3ccccc3)CCN5CC[C@@H]4c3ccccc3)C2=O)cc(I)c1OCC. The van der Waals surface area contributed by atoms with Gasteiger partial charge in [-0.05, 0) is 107 Å². The first-order chi connectivity index (χ1) is 23.4. The summed E-state index contributed by atoms with van der Waals surface area (Å²) in [4.78, 5) is 44.6. The Labute approximate surface area is 293 Å². The number of hydrogen-bond acceptors (Lipinski definition) is 6. The minimum atomic E-state index is -0.762. The first-order valence-corrected chi connectivity index (χ1v) is 17.5. The van der Waals surface area contributed by atoms with Crippen molar-refractivity contribution < 1.29 is 23.9 Å². The van der Waals surface area contributed by atoms with Gasteiger partial charge in [0.1, 0.15) is 5.57 Å². The van der Waals surface area contributed by atoms with Crippen molar-refractivity contribution in [2.75, 3.05) is 36.1 Å². The molecule has 3 heterocycles. The van der Waals surface area contributed by atoms with Gasteiger partial charge in [-0.15, -0.1) is 0 Å². The minimum absolute atomic E-state index is 0.0909. The Morgan fingerprint density at radius 3 is 1.96 bits per heavy atom. The number of hydrogen-bond donors (Lipinski definition) is 1. The summed E-state index contributed by atoms with van der Waals surface area (Å²) in [5.41, 5.74) is 6.65. The van der Waals surface area contributed by atoms with Gasteiger partial charge in [-0.2, -0.15) is 0 Å². The van der Waals surface area contributed by atoms with E-state index in [4.69, 9.17) is 9.47 Å². The van der Waals surface area contributed by atoms with Crippen LogP contribution in [0.2, 0.25) is 0 Å². The molecule has 3 aliphatic heterocycles. The third kappa shape index (κ3) is 5.85. The van der Waals surface area contributed by atoms with Crippen LogP contribution in [-0.2, 0) is 9.59 Å². The van der Waals surface area contributed by atoms with Gasteiger partial charge >= 0.3 is 6.03 Å². The zero-order chi connectivity index (χ0) is 33.4. The second kappa shape index (κ2) is 13.5. The predicted molar refractivity (Wildman–Crippen MR) is 195 cm³/mol. The number of barbiturate groups is 1. The Hall–Kier alpha value is -4.64. The summed E-state index contributed by atoms with van der Waals surface area (Å²) >= 11 is 2.16. The van der Waals surface area contributed by atoms with Crippen molar-refractivity contribution >= 4 is 57.9 Å². The molecule has 9 heteroatoms. The Kier molecular flexibility index (Phi) is 8.96. The molecule has 0 aromatic heterocycles. The van der Waals surface area contributed by atoms with Crippen LogP contribution in [0.25, 0.3) is 6.08 Å². The maximum absolute atomic E-state index is 14.3. The number of nitrogens with one attached hydrogen (secondary N) is 1. The van der Waals surface area contributed by atoms with Crippen LogP contribution < -0.4 is 24.6 Å². The third-order valence-electron chi connectivity index (χ3n) is 9.29. The van der Waals surface area contributed by atoms with Crippen molar-refractivity contribution in [1.29, 1.82) is 0 Å². The molecule has 0 radical (unpaired) electrons. The van der Waals surface area contributed by atoms with E-state index >= 15 is 0 Å². The van der Waals surface area contributed by atoms with Gasteiger partial charge < -0.3 is 14.4 Å². The molecule has 4 aromatic rings. The number of carbonyl (C=O) groups excluding carboxylic acids is 3. The van der Waals surface area contributed by atoms with Gasteiger partial charge in [0.2, 0.25) is 0 Å². The molecule has 1 fully saturated rings. The van der Waals surface area contributed by atoms with Crippen LogP contribution in [0, 0.1) is 3.57 Å². The fourth-order valence-corrected chi connectivity index (χ4v) is 8.03. The van der Waals surface area contributed by atoms with E-state index in [-0.39, 0.29) is 17.4 Å². The van der Waals surface area contributed by atoms with Crippen LogP contribution in [0.4, 0.5) is 16.2 Å². The summed E-state index contributed by atoms with van der Waals surface area (Å²) in [6.07, 6.45) is 3.34. The number of ether oxygens (including phenoxy) is 2. The van der Waals surface area contributed by atoms with Crippen LogP contribution in [0.3, 0.4) is 0 Å². The predicted octanol–water partition coefficient (Wildman–Crippen LogP) is 7.63. The maximum Gasteiger partial charge on any atom is 0.335 e. The Morgan fingerprint density at radius 1 is 0.812 bits per heavy atom. The van der Waals surface area contributed by atoms with E-state index in [2.05, 4.69) is 57.1 Å². The van der Waals surface area contributed by atoms with Crippen LogP contribution >= 0.6 is 22.6 Å². The lowest BCUT2D eigenvalue weighted by Gasteiger charge is -2.44. The van der Waals surface area contributed by atoms with Gasteiger partial charge in [0.15, 0.2) is 11.5 Å². The number of nitrogens with zero attached hydrogens (tertiary/aromatic N) is 2. The van der Waals surface area contributed by atoms with E-state index in [9.17, 15) is 14.4 Å². The maximum atomic E-state index is 14.3. The molecule has 244 valence electrons. The number of benzene rings is 4. The number of amides is 4. The molecular weight excluding hydrogens is 717 g/mol. The van der Waals surface area contributed by atoms with Crippen LogP contribution in [-0.4, -0.2) is 44.1 Å². The molecule has 4 amide bonds. The smallest absolute Gasteiger partial charge is 0.335 e. The molecular formula is C39H36IN3O5. The second-order valence-corrected chi connectivity index (χ2v) is 13.3. The molecule has 0 saturated carbocycles. The van der Waals surface area contributed by atoms with Gasteiger partial charge in [-0.1, -0.05) is 60.7 Å². The normalized spacial score (nSPS) is 19.6. The van der Waals surface area contributed by atoms with Gasteiger partial charge in [-0.25, -0.2) is 9.69 Å². The first-order valence-electron chi connectivity index (χ1n) is 16.4. The average Bonchev–Trinajstić information content (AvgIpc) is 3.09. The standard InChI is InChI=1S/C39H36IN3O5/c1-3-47-34-21-24(20-33(40)36(34)48-4-2)19-32-37(44)41-39(46)43(38(32)45)27-22-30-28(25-11-7-5-8-12-25)15-17-42-18-16-29(31(23-27)35(30)42)26-13-9-6-10-14-26/h5-14,19-23,28-29H,3-4,15-18H2,1-2H3,(H,41,44,46)/b32-19+/t28-,29-/m1/s1. The van der Waals surface area contributed by atoms with Gasteiger partial charge in [0.05, 0.1) is 22.5 Å². The van der Waals surface area contributed by atoms with E-state index in [1.54, 1.807) is 6.07 Å². The monoisotopic (exact) mass is 753 g/mol. The lowest BCUT2D eigenvalue weighted by atomic mass is 9.76. The van der Waals surface area contributed by atoms with Gasteiger partial charge in [0.25, 0.3) is 11.8 Å². The topological polar surface area (TPSA) is 88.2 Å². The zero-order valence-corrected chi connectivity index (χ0v) is 29.0. The van der Waals surface area contributed by atoms with Crippen molar-refractivity contribution in [3.63, 3.8) is 0 Å². The highest BCUT2D eigenvalue weighted by atomic mass is 127. The van der Waals surface area contributed by atoms with Crippen molar-refractivity contribution in [3.8, 4) is 11.5 Å². The fourth-order valence-electron chi connectivity index (χ4n) is 7.25. The Bertz CT molecular complexity index is 1850. The lowest BCUT2D eigenvalue weighted by Crippen LogP contribution is -2.54. The summed E-state index contributed by atoms with van der Waals surface area (Å²) < 4.78 is 12.4. The highest BCUT2D eigenvalue weighted by molar-refractivity contribution is 14.1. The van der Waals surface area contributed by atoms with Gasteiger partial charge in [-0.3, -0.25) is 14.9 Å². The number of halogens is 1. The van der Waals surface area contributed by atoms with E-state index in [1.165, 1.54) is 22.9 Å². The molecule has 8 nitrogen and oxygen atoms in total. The third-order valence-corrected chi connectivity index (χ3v) is 10.1. The largest absolute Gasteiger partial charge is 0.490 e. The van der Waals surface area contributed by atoms with Crippen molar-refractivity contribution in [2.45, 2.75) is 38.5 Å². The summed E-state index contributed by atoms with van der Waals surface area (Å²) in [5, 5.41) is 2.43. The first kappa shape index (κ1) is 31.9. The molecule has 1 saturated heterocycles. The van der Waals surface area contributed by atoms with Gasteiger partial charge in [0, 0.05) is 30.6 Å². The van der Waals surface area contributed by atoms with Crippen LogP contribution in [0.15, 0.2) is 90.5 Å². The van der Waals surface area contributed by atoms with E-state index < -0.39 is 17.8 Å². The summed E-state index contributed by atoms with van der Waals surface area (Å²) in [6, 6.07) is 27.6. The number of carbonyl (C=O) groups is 3. The van der Waals surface area contributed by atoms with E-state index in [1.807, 2.05) is 68.4 Å². The number of urea groups is 1. The lowest BCUT2D eigenvalue weighted by molar-refractivity contribution is -0.122. The summed E-state index contributed by atoms with van der Waals surface area (Å²) in [6.45, 7) is 6.51. The fraction of sp³-hybridized carbons (Fsp3) is 0.256. The Morgan fingerprint density at radius 2 is 1.40 bits per heavy atom. The van der Waals surface area contributed by atoms with E-state index in [0.29, 0.717) is 36.0 Å². The molecule has 0 bridgehead atoms. The molecule has 7 rings (SSSR count). The van der Waals surface area contributed by atoms with E-state index in [0.717, 1.165) is 45.5 Å². The molecule has 3 aliphatic rings. The number of rotatable bonds is 8. The van der Waals surface area contributed by atoms with Crippen molar-refractivity contribution in [1.82, 2.24) is 5.32 Å². The van der Waals surface area contributed by atoms with Crippen LogP contribution in [0.5, 0.6) is 11.5 Å². The quantitative estimate of drug-likeness (QED) is 0.113. The summed E-state index contributed by atoms with van der Waals surface area (Å²) in [7, 11) is 0. The minimum Gasteiger partial charge on any atom is -0.490 e. The van der Waals surface area contributed by atoms with Crippen LogP contribution in [0.1, 0.15) is 66.3 Å². The molecule has 0 spiro atoms. The molecule has 2 atom stereocenters. The van der Waals surface area contributed by atoms with Crippen molar-refractivity contribution in [2.24, 2.45) is 0 Å². The molecule has 1 N–H and O–H groups in total. The number of anilines is 2. The second-order valence-electron chi connectivity index (χ2n) is 12.1. The average molecular weight is 754 g/mol. The Balaban J connectivity index is 1.36.